The number of benzene rings is 2. The number of piperazine rings is 1. The lowest BCUT2D eigenvalue weighted by molar-refractivity contribution is -0.122. The quantitative estimate of drug-likeness (QED) is 0.432. The van der Waals surface area contributed by atoms with Crippen molar-refractivity contribution in [1.82, 2.24) is 15.2 Å². The summed E-state index contributed by atoms with van der Waals surface area (Å²) in [7, 11) is 0. The third kappa shape index (κ3) is 6.85. The molecule has 6 heteroatoms. The van der Waals surface area contributed by atoms with Crippen molar-refractivity contribution >= 4 is 11.6 Å². The molecule has 0 aliphatic carbocycles. The maximum Gasteiger partial charge on any atom is 0.254 e. The fraction of sp³-hybridized carbons (Fsp3) is 0.304. The van der Waals surface area contributed by atoms with Crippen molar-refractivity contribution in [2.75, 3.05) is 32.7 Å². The summed E-state index contributed by atoms with van der Waals surface area (Å²) in [5.74, 6) is -0.0182. The van der Waals surface area contributed by atoms with Crippen LogP contribution in [0.5, 0.6) is 0 Å². The molecule has 1 aliphatic heterocycles. The van der Waals surface area contributed by atoms with E-state index < -0.39 is 0 Å². The third-order valence-corrected chi connectivity index (χ3v) is 4.80. The second kappa shape index (κ2) is 10.5. The summed E-state index contributed by atoms with van der Waals surface area (Å²) in [6.07, 6.45) is 1.54. The highest BCUT2D eigenvalue weighted by Crippen LogP contribution is 2.08. The first kappa shape index (κ1) is 20.8. The molecule has 1 heterocycles. The van der Waals surface area contributed by atoms with Crippen LogP contribution in [0.3, 0.4) is 0 Å². The van der Waals surface area contributed by atoms with E-state index in [1.807, 2.05) is 36.4 Å². The summed E-state index contributed by atoms with van der Waals surface area (Å²) in [4.78, 5) is 16.9. The number of amides is 1. The maximum absolute atomic E-state index is 12.3. The van der Waals surface area contributed by atoms with Crippen LogP contribution in [0.4, 0.5) is 0 Å². The molecule has 0 bridgehead atoms. The van der Waals surface area contributed by atoms with E-state index in [4.69, 9.17) is 0 Å². The van der Waals surface area contributed by atoms with Gasteiger partial charge in [0.25, 0.3) is 5.91 Å². The molecule has 2 N–H and O–H groups in total. The van der Waals surface area contributed by atoms with Crippen LogP contribution in [0.15, 0.2) is 77.6 Å². The van der Waals surface area contributed by atoms with Crippen molar-refractivity contribution in [2.45, 2.75) is 13.5 Å². The van der Waals surface area contributed by atoms with Crippen LogP contribution in [-0.4, -0.2) is 59.2 Å². The summed E-state index contributed by atoms with van der Waals surface area (Å²) >= 11 is 0. The van der Waals surface area contributed by atoms with Crippen LogP contribution >= 0.6 is 0 Å². The van der Waals surface area contributed by atoms with E-state index in [2.05, 4.69) is 44.6 Å². The van der Waals surface area contributed by atoms with E-state index in [9.17, 15) is 9.90 Å². The number of hydrogen-bond acceptors (Lipinski definition) is 5. The Morgan fingerprint density at radius 2 is 1.59 bits per heavy atom. The zero-order valence-electron chi connectivity index (χ0n) is 16.8. The standard InChI is InChI=1S/C23H28N4O2/c1-19(28)16-22(21-10-6-3-7-11-21)24-25-23(29)18-27-14-12-26(13-15-27)17-20-8-4-2-5-9-20/h2-11,16,28H,12-15,17-18H2,1H3,(H,25,29). The fourth-order valence-corrected chi connectivity index (χ4v) is 3.30. The van der Waals surface area contributed by atoms with E-state index in [-0.39, 0.29) is 11.7 Å². The highest BCUT2D eigenvalue weighted by molar-refractivity contribution is 6.09. The van der Waals surface area contributed by atoms with E-state index in [1.165, 1.54) is 11.6 Å². The first-order valence-corrected chi connectivity index (χ1v) is 9.88. The predicted octanol–water partition coefficient (Wildman–Crippen LogP) is 2.79. The third-order valence-electron chi connectivity index (χ3n) is 4.80. The van der Waals surface area contributed by atoms with Gasteiger partial charge in [0.1, 0.15) is 0 Å². The Labute approximate surface area is 172 Å². The Balaban J connectivity index is 1.49. The van der Waals surface area contributed by atoms with Crippen molar-refractivity contribution in [3.63, 3.8) is 0 Å². The topological polar surface area (TPSA) is 68.2 Å². The van der Waals surface area contributed by atoms with Crippen molar-refractivity contribution < 1.29 is 9.90 Å². The molecule has 0 radical (unpaired) electrons. The molecule has 0 saturated carbocycles. The van der Waals surface area contributed by atoms with E-state index in [0.29, 0.717) is 12.3 Å². The number of aliphatic hydroxyl groups is 1. The van der Waals surface area contributed by atoms with Crippen LogP contribution in [0.2, 0.25) is 0 Å². The van der Waals surface area contributed by atoms with Crippen LogP contribution in [0.25, 0.3) is 0 Å². The van der Waals surface area contributed by atoms with E-state index >= 15 is 0 Å². The smallest absolute Gasteiger partial charge is 0.254 e. The van der Waals surface area contributed by atoms with Crippen LogP contribution in [0.1, 0.15) is 18.1 Å². The molecule has 0 atom stereocenters. The van der Waals surface area contributed by atoms with Crippen molar-refractivity contribution in [2.24, 2.45) is 5.10 Å². The van der Waals surface area contributed by atoms with Gasteiger partial charge in [-0.2, -0.15) is 5.10 Å². The normalized spacial score (nSPS) is 16.6. The summed E-state index contributed by atoms with van der Waals surface area (Å²) in [6, 6.07) is 19.9. The molecule has 152 valence electrons. The second-order valence-electron chi connectivity index (χ2n) is 7.22. The van der Waals surface area contributed by atoms with Gasteiger partial charge in [0.2, 0.25) is 0 Å². The zero-order valence-corrected chi connectivity index (χ0v) is 16.8. The van der Waals surface area contributed by atoms with Gasteiger partial charge in [-0.1, -0.05) is 60.7 Å². The van der Waals surface area contributed by atoms with E-state index in [1.54, 1.807) is 6.92 Å². The molecule has 29 heavy (non-hydrogen) atoms. The number of nitrogens with zero attached hydrogens (tertiary/aromatic N) is 3. The molecule has 0 unspecified atom stereocenters. The lowest BCUT2D eigenvalue weighted by atomic mass is 10.1. The molecule has 1 saturated heterocycles. The number of rotatable bonds is 7. The first-order chi connectivity index (χ1) is 14.1. The second-order valence-corrected chi connectivity index (χ2v) is 7.22. The fourth-order valence-electron chi connectivity index (χ4n) is 3.30. The lowest BCUT2D eigenvalue weighted by Crippen LogP contribution is -2.48. The highest BCUT2D eigenvalue weighted by atomic mass is 16.3. The summed E-state index contributed by atoms with van der Waals surface area (Å²) in [5, 5.41) is 13.8. The maximum atomic E-state index is 12.3. The highest BCUT2D eigenvalue weighted by Gasteiger charge is 2.19. The van der Waals surface area contributed by atoms with Gasteiger partial charge >= 0.3 is 0 Å². The molecule has 1 amide bonds. The van der Waals surface area contributed by atoms with Gasteiger partial charge in [0, 0.05) is 44.4 Å². The summed E-state index contributed by atoms with van der Waals surface area (Å²) in [5.41, 5.74) is 5.29. The predicted molar refractivity (Wildman–Crippen MR) is 116 cm³/mol. The first-order valence-electron chi connectivity index (χ1n) is 9.88. The molecule has 6 nitrogen and oxygen atoms in total. The molecule has 2 aromatic carbocycles. The minimum Gasteiger partial charge on any atom is -0.513 e. The summed E-state index contributed by atoms with van der Waals surface area (Å²) in [6.45, 7) is 6.41. The Bertz CT molecular complexity index is 838. The van der Waals surface area contributed by atoms with Crippen molar-refractivity contribution in [3.8, 4) is 0 Å². The monoisotopic (exact) mass is 392 g/mol. The number of carbonyl (C=O) groups excluding carboxylic acids is 1. The number of carbonyl (C=O) groups is 1. The SMILES string of the molecule is CC(O)=CC(=NNC(=O)CN1CCN(Cc2ccccc2)CC1)c1ccccc1. The van der Waals surface area contributed by atoms with Gasteiger partial charge in [0.15, 0.2) is 0 Å². The molecule has 3 rings (SSSR count). The Kier molecular flexibility index (Phi) is 7.55. The van der Waals surface area contributed by atoms with Gasteiger partial charge in [-0.25, -0.2) is 5.43 Å². The molecular formula is C23H28N4O2. The molecule has 1 aliphatic rings. The number of allylic oxidation sites excluding steroid dienone is 2. The Morgan fingerprint density at radius 3 is 2.21 bits per heavy atom. The molecule has 2 aromatic rings. The van der Waals surface area contributed by atoms with Crippen molar-refractivity contribution in [3.05, 3.63) is 83.6 Å². The van der Waals surface area contributed by atoms with Crippen molar-refractivity contribution in [1.29, 1.82) is 0 Å². The number of aliphatic hydroxyl groups excluding tert-OH is 1. The number of nitrogens with one attached hydrogen (secondary N) is 1. The Hall–Kier alpha value is -2.96. The van der Waals surface area contributed by atoms with E-state index in [0.717, 1.165) is 38.3 Å². The minimum absolute atomic E-state index is 0.136. The molecule has 1 fully saturated rings. The minimum atomic E-state index is -0.154. The van der Waals surface area contributed by atoms with Crippen LogP contribution < -0.4 is 5.43 Å². The van der Waals surface area contributed by atoms with Gasteiger partial charge in [-0.3, -0.25) is 14.6 Å². The van der Waals surface area contributed by atoms with Gasteiger partial charge in [0.05, 0.1) is 18.0 Å². The number of hydrogen-bond donors (Lipinski definition) is 2. The molecular weight excluding hydrogens is 364 g/mol. The van der Waals surface area contributed by atoms with Crippen LogP contribution in [0, 0.1) is 0 Å². The average Bonchev–Trinajstić information content (AvgIpc) is 2.74. The average molecular weight is 393 g/mol. The number of hydrazone groups is 1. The molecule has 0 aromatic heterocycles. The van der Waals surface area contributed by atoms with Gasteiger partial charge in [-0.05, 0) is 12.5 Å². The lowest BCUT2D eigenvalue weighted by Gasteiger charge is -2.34. The molecule has 0 spiro atoms. The Morgan fingerprint density at radius 1 is 1.00 bits per heavy atom. The van der Waals surface area contributed by atoms with Gasteiger partial charge in [-0.15, -0.1) is 0 Å². The van der Waals surface area contributed by atoms with Gasteiger partial charge < -0.3 is 5.11 Å². The summed E-state index contributed by atoms with van der Waals surface area (Å²) < 4.78 is 0. The van der Waals surface area contributed by atoms with Crippen LogP contribution in [-0.2, 0) is 11.3 Å². The largest absolute Gasteiger partial charge is 0.513 e. The zero-order chi connectivity index (χ0) is 20.5.